The molecule has 0 bridgehead atoms. The Balaban J connectivity index is 2.09. The number of sulfonamides is 1. The molecule has 10 heteroatoms. The average Bonchev–Trinajstić information content (AvgIpc) is 2.91. The van der Waals surface area contributed by atoms with E-state index < -0.39 is 27.4 Å². The molecule has 26 heavy (non-hydrogen) atoms. The molecule has 0 atom stereocenters. The van der Waals surface area contributed by atoms with Crippen molar-refractivity contribution in [3.8, 4) is 0 Å². The number of carbonyl (C=O) groups excluding carboxylic acids is 1. The van der Waals surface area contributed by atoms with Crippen molar-refractivity contribution in [1.29, 1.82) is 0 Å². The lowest BCUT2D eigenvalue weighted by Gasteiger charge is -2.20. The number of hydrogen-bond donors (Lipinski definition) is 3. The van der Waals surface area contributed by atoms with Crippen LogP contribution in [0.5, 0.6) is 0 Å². The summed E-state index contributed by atoms with van der Waals surface area (Å²) in [6, 6.07) is 6.92. The highest BCUT2D eigenvalue weighted by molar-refractivity contribution is 7.89. The summed E-state index contributed by atoms with van der Waals surface area (Å²) >= 11 is 0. The van der Waals surface area contributed by atoms with Gasteiger partial charge in [0.25, 0.3) is 5.91 Å². The molecule has 0 aliphatic carbocycles. The first-order valence-corrected chi connectivity index (χ1v) is 9.15. The zero-order valence-corrected chi connectivity index (χ0v) is 15.4. The summed E-state index contributed by atoms with van der Waals surface area (Å²) in [6.07, 6.45) is 1.43. The summed E-state index contributed by atoms with van der Waals surface area (Å²) in [5.74, 6) is -1.34. The Hall–Kier alpha value is -2.72. The lowest BCUT2D eigenvalue weighted by Crippen LogP contribution is -2.40. The normalized spacial score (nSPS) is 12.0. The number of amides is 1. The van der Waals surface area contributed by atoms with E-state index in [1.165, 1.54) is 41.2 Å². The van der Waals surface area contributed by atoms with Crippen molar-refractivity contribution in [1.82, 2.24) is 14.5 Å². The fourth-order valence-electron chi connectivity index (χ4n) is 2.09. The van der Waals surface area contributed by atoms with Crippen molar-refractivity contribution >= 4 is 27.7 Å². The Bertz CT molecular complexity index is 911. The third kappa shape index (κ3) is 5.39. The van der Waals surface area contributed by atoms with Gasteiger partial charge >= 0.3 is 5.97 Å². The second-order valence-electron chi connectivity index (χ2n) is 6.63. The number of hydrogen-bond acceptors (Lipinski definition) is 5. The van der Waals surface area contributed by atoms with Gasteiger partial charge in [0.2, 0.25) is 10.0 Å². The van der Waals surface area contributed by atoms with Crippen LogP contribution in [-0.2, 0) is 21.4 Å². The third-order valence-corrected chi connectivity index (χ3v) is 4.82. The van der Waals surface area contributed by atoms with Crippen molar-refractivity contribution in [3.63, 3.8) is 0 Å². The topological polar surface area (TPSA) is 130 Å². The second-order valence-corrected chi connectivity index (χ2v) is 8.31. The van der Waals surface area contributed by atoms with Crippen LogP contribution in [0.25, 0.3) is 0 Å². The van der Waals surface area contributed by atoms with Gasteiger partial charge < -0.3 is 10.4 Å². The molecule has 2 aromatic rings. The fourth-order valence-corrected chi connectivity index (χ4v) is 3.51. The summed E-state index contributed by atoms with van der Waals surface area (Å²) in [6.45, 7) is 4.88. The lowest BCUT2D eigenvalue weighted by molar-refractivity contribution is -0.137. The van der Waals surface area contributed by atoms with Crippen LogP contribution in [0.1, 0.15) is 31.1 Å². The maximum atomic E-state index is 12.2. The first-order chi connectivity index (χ1) is 12.0. The molecule has 0 fully saturated rings. The Morgan fingerprint density at radius 3 is 2.31 bits per heavy atom. The third-order valence-electron chi connectivity index (χ3n) is 3.05. The Morgan fingerprint density at radius 2 is 1.77 bits per heavy atom. The van der Waals surface area contributed by atoms with Crippen molar-refractivity contribution < 1.29 is 23.1 Å². The lowest BCUT2D eigenvalue weighted by atomic mass is 10.1. The van der Waals surface area contributed by atoms with Gasteiger partial charge in [0.1, 0.15) is 6.54 Å². The number of anilines is 1. The smallest absolute Gasteiger partial charge is 0.325 e. The molecule has 0 spiro atoms. The maximum absolute atomic E-state index is 12.2. The standard InChI is InChI=1S/C16H20N4O5S/c1-16(2,3)19-26(24,25)12-6-4-11(5-7-12)15(23)17-13-8-9-20(18-13)10-14(21)22/h4-9,19H,10H2,1-3H3,(H,21,22)(H,17,18,23). The molecule has 0 aliphatic rings. The van der Waals surface area contributed by atoms with E-state index in [0.717, 1.165) is 0 Å². The van der Waals surface area contributed by atoms with Crippen LogP contribution in [0.2, 0.25) is 0 Å². The van der Waals surface area contributed by atoms with E-state index in [0.29, 0.717) is 0 Å². The van der Waals surface area contributed by atoms with Gasteiger partial charge in [-0.1, -0.05) is 0 Å². The number of carbonyl (C=O) groups is 2. The quantitative estimate of drug-likeness (QED) is 0.692. The number of aromatic nitrogens is 2. The summed E-state index contributed by atoms with van der Waals surface area (Å²) < 4.78 is 28.2. The Labute approximate surface area is 151 Å². The van der Waals surface area contributed by atoms with Gasteiger partial charge in [0, 0.05) is 23.4 Å². The monoisotopic (exact) mass is 380 g/mol. The van der Waals surface area contributed by atoms with Gasteiger partial charge in [-0.25, -0.2) is 13.1 Å². The van der Waals surface area contributed by atoms with E-state index in [4.69, 9.17) is 5.11 Å². The number of nitrogens with one attached hydrogen (secondary N) is 2. The SMILES string of the molecule is CC(C)(C)NS(=O)(=O)c1ccc(C(=O)Nc2ccn(CC(=O)O)n2)cc1. The highest BCUT2D eigenvalue weighted by Gasteiger charge is 2.22. The van der Waals surface area contributed by atoms with Crippen molar-refractivity contribution in [2.45, 2.75) is 37.8 Å². The molecular weight excluding hydrogens is 360 g/mol. The molecule has 0 saturated carbocycles. The zero-order valence-electron chi connectivity index (χ0n) is 14.6. The fraction of sp³-hybridized carbons (Fsp3) is 0.312. The summed E-state index contributed by atoms with van der Waals surface area (Å²) in [7, 11) is -3.68. The number of benzene rings is 1. The molecule has 1 amide bonds. The van der Waals surface area contributed by atoms with Crippen LogP contribution in [0, 0.1) is 0 Å². The predicted octanol–water partition coefficient (Wildman–Crippen LogP) is 1.30. The van der Waals surface area contributed by atoms with Gasteiger partial charge in [-0.05, 0) is 45.0 Å². The van der Waals surface area contributed by atoms with Crippen molar-refractivity contribution in [2.75, 3.05) is 5.32 Å². The molecule has 1 aromatic carbocycles. The van der Waals surface area contributed by atoms with Gasteiger partial charge in [-0.2, -0.15) is 5.10 Å². The molecule has 0 unspecified atom stereocenters. The van der Waals surface area contributed by atoms with Crippen LogP contribution in [-0.4, -0.2) is 40.7 Å². The number of rotatable bonds is 6. The Morgan fingerprint density at radius 1 is 1.15 bits per heavy atom. The van der Waals surface area contributed by atoms with E-state index in [1.54, 1.807) is 20.8 Å². The van der Waals surface area contributed by atoms with Crippen molar-refractivity contribution in [3.05, 3.63) is 42.1 Å². The maximum Gasteiger partial charge on any atom is 0.325 e. The molecule has 140 valence electrons. The van der Waals surface area contributed by atoms with Crippen LogP contribution in [0.4, 0.5) is 5.82 Å². The number of nitrogens with zero attached hydrogens (tertiary/aromatic N) is 2. The molecule has 1 heterocycles. The summed E-state index contributed by atoms with van der Waals surface area (Å²) in [5, 5.41) is 15.1. The first-order valence-electron chi connectivity index (χ1n) is 7.67. The van der Waals surface area contributed by atoms with E-state index in [9.17, 15) is 18.0 Å². The Kier molecular flexibility index (Phi) is 5.47. The van der Waals surface area contributed by atoms with Crippen molar-refractivity contribution in [2.24, 2.45) is 0 Å². The molecule has 1 aromatic heterocycles. The van der Waals surface area contributed by atoms with Crippen LogP contribution >= 0.6 is 0 Å². The first kappa shape index (κ1) is 19.6. The van der Waals surface area contributed by atoms with Gasteiger partial charge in [0.15, 0.2) is 5.82 Å². The minimum absolute atomic E-state index is 0.0507. The zero-order chi connectivity index (χ0) is 19.5. The summed E-state index contributed by atoms with van der Waals surface area (Å²) in [4.78, 5) is 22.9. The molecule has 2 rings (SSSR count). The largest absolute Gasteiger partial charge is 0.480 e. The van der Waals surface area contributed by atoms with Crippen LogP contribution in [0.3, 0.4) is 0 Å². The van der Waals surface area contributed by atoms with Crippen LogP contribution in [0.15, 0.2) is 41.4 Å². The van der Waals surface area contributed by atoms with E-state index in [1.807, 2.05) is 0 Å². The minimum atomic E-state index is -3.68. The van der Waals surface area contributed by atoms with Gasteiger partial charge in [-0.15, -0.1) is 0 Å². The number of aliphatic carboxylic acids is 1. The second kappa shape index (κ2) is 7.26. The average molecular weight is 380 g/mol. The molecule has 9 nitrogen and oxygen atoms in total. The summed E-state index contributed by atoms with van der Waals surface area (Å²) in [5.41, 5.74) is -0.378. The van der Waals surface area contributed by atoms with Gasteiger partial charge in [-0.3, -0.25) is 14.3 Å². The number of carboxylic acid groups (broad SMARTS) is 1. The van der Waals surface area contributed by atoms with Crippen LogP contribution < -0.4 is 10.0 Å². The van der Waals surface area contributed by atoms with E-state index >= 15 is 0 Å². The van der Waals surface area contributed by atoms with E-state index in [-0.39, 0.29) is 22.8 Å². The molecule has 0 aliphatic heterocycles. The predicted molar refractivity (Wildman–Crippen MR) is 94.3 cm³/mol. The molecule has 3 N–H and O–H groups in total. The highest BCUT2D eigenvalue weighted by Crippen LogP contribution is 2.15. The molecule has 0 radical (unpaired) electrons. The number of carboxylic acids is 1. The molecule has 0 saturated heterocycles. The molecular formula is C16H20N4O5S. The minimum Gasteiger partial charge on any atom is -0.480 e. The van der Waals surface area contributed by atoms with Gasteiger partial charge in [0.05, 0.1) is 4.90 Å². The van der Waals surface area contributed by atoms with E-state index in [2.05, 4.69) is 15.1 Å². The highest BCUT2D eigenvalue weighted by atomic mass is 32.2.